The molecule has 1 aromatic heterocycles. The number of piperazine rings is 1. The third-order valence-corrected chi connectivity index (χ3v) is 5.17. The molecule has 0 spiro atoms. The number of rotatable bonds is 4. The Morgan fingerprint density at radius 1 is 1.14 bits per heavy atom. The molecule has 122 valence electrons. The van der Waals surface area contributed by atoms with E-state index in [0.29, 0.717) is 12.1 Å². The van der Waals surface area contributed by atoms with E-state index in [2.05, 4.69) is 39.2 Å². The van der Waals surface area contributed by atoms with Gasteiger partial charge in [0.25, 0.3) is 0 Å². The lowest BCUT2D eigenvalue weighted by Gasteiger charge is -2.42. The number of hydrogen-bond acceptors (Lipinski definition) is 4. The molecule has 0 amide bonds. The van der Waals surface area contributed by atoms with Crippen molar-refractivity contribution in [3.05, 3.63) is 30.1 Å². The molecule has 2 fully saturated rings. The minimum absolute atomic E-state index is 0.498. The Hall–Kier alpha value is -0.970. The standard InChI is InChI=1S/C18H30N4/c1-16-14-20-10-13-22(16)18(17-6-8-19-9-7-17)15-21-11-4-2-3-5-12-21/h6-9,16,18,20H,2-5,10-15H2,1H3. The van der Waals surface area contributed by atoms with Crippen LogP contribution in [0, 0.1) is 0 Å². The van der Waals surface area contributed by atoms with Crippen LogP contribution in [-0.2, 0) is 0 Å². The van der Waals surface area contributed by atoms with Crippen molar-refractivity contribution in [3.8, 4) is 0 Å². The van der Waals surface area contributed by atoms with Crippen LogP contribution < -0.4 is 5.32 Å². The van der Waals surface area contributed by atoms with Gasteiger partial charge in [-0.1, -0.05) is 12.8 Å². The number of likely N-dealkylation sites (tertiary alicyclic amines) is 1. The van der Waals surface area contributed by atoms with Crippen molar-refractivity contribution >= 4 is 0 Å². The first-order valence-corrected chi connectivity index (χ1v) is 8.93. The summed E-state index contributed by atoms with van der Waals surface area (Å²) in [6.45, 7) is 9.39. The van der Waals surface area contributed by atoms with Gasteiger partial charge in [0.05, 0.1) is 0 Å². The maximum absolute atomic E-state index is 4.21. The minimum Gasteiger partial charge on any atom is -0.314 e. The Balaban J connectivity index is 1.76. The molecule has 0 aliphatic carbocycles. The van der Waals surface area contributed by atoms with Gasteiger partial charge in [-0.25, -0.2) is 0 Å². The average Bonchev–Trinajstić information content (AvgIpc) is 2.83. The monoisotopic (exact) mass is 302 g/mol. The first-order chi connectivity index (χ1) is 10.8. The van der Waals surface area contributed by atoms with E-state index in [-0.39, 0.29) is 0 Å². The second-order valence-electron chi connectivity index (χ2n) is 6.80. The van der Waals surface area contributed by atoms with Gasteiger partial charge in [-0.15, -0.1) is 0 Å². The summed E-state index contributed by atoms with van der Waals surface area (Å²) in [6, 6.07) is 5.51. The van der Waals surface area contributed by atoms with E-state index >= 15 is 0 Å². The minimum atomic E-state index is 0.498. The molecular weight excluding hydrogens is 272 g/mol. The van der Waals surface area contributed by atoms with Crippen LogP contribution in [0.3, 0.4) is 0 Å². The Morgan fingerprint density at radius 2 is 1.86 bits per heavy atom. The Bertz CT molecular complexity index is 428. The Kier molecular flexibility index (Phi) is 5.82. The van der Waals surface area contributed by atoms with Gasteiger partial charge in [0, 0.05) is 50.7 Å². The zero-order valence-electron chi connectivity index (χ0n) is 13.9. The van der Waals surface area contributed by atoms with Gasteiger partial charge in [0.1, 0.15) is 0 Å². The number of hydrogen-bond donors (Lipinski definition) is 1. The lowest BCUT2D eigenvalue weighted by molar-refractivity contribution is 0.0850. The van der Waals surface area contributed by atoms with Crippen molar-refractivity contribution in [2.75, 3.05) is 39.3 Å². The summed E-state index contributed by atoms with van der Waals surface area (Å²) in [5.41, 5.74) is 1.42. The van der Waals surface area contributed by atoms with E-state index in [1.54, 1.807) is 0 Å². The molecule has 3 rings (SSSR count). The molecule has 2 aliphatic rings. The molecule has 1 aromatic rings. The largest absolute Gasteiger partial charge is 0.314 e. The summed E-state index contributed by atoms with van der Waals surface area (Å²) in [5.74, 6) is 0. The zero-order valence-corrected chi connectivity index (χ0v) is 13.9. The summed E-state index contributed by atoms with van der Waals surface area (Å²) < 4.78 is 0. The van der Waals surface area contributed by atoms with Crippen LogP contribution >= 0.6 is 0 Å². The van der Waals surface area contributed by atoms with Crippen molar-refractivity contribution in [2.24, 2.45) is 0 Å². The van der Waals surface area contributed by atoms with E-state index in [1.165, 1.54) is 44.3 Å². The number of pyridine rings is 1. The van der Waals surface area contributed by atoms with Crippen molar-refractivity contribution in [1.29, 1.82) is 0 Å². The maximum atomic E-state index is 4.21. The molecule has 0 saturated carbocycles. The van der Waals surface area contributed by atoms with Crippen molar-refractivity contribution in [2.45, 2.75) is 44.7 Å². The van der Waals surface area contributed by atoms with Crippen LogP contribution in [0.2, 0.25) is 0 Å². The summed E-state index contributed by atoms with van der Waals surface area (Å²) in [5, 5.41) is 3.52. The molecule has 1 N–H and O–H groups in total. The van der Waals surface area contributed by atoms with Gasteiger partial charge in [-0.3, -0.25) is 9.88 Å². The molecular formula is C18H30N4. The lowest BCUT2D eigenvalue weighted by atomic mass is 10.0. The molecule has 2 saturated heterocycles. The van der Waals surface area contributed by atoms with E-state index in [1.807, 2.05) is 12.4 Å². The van der Waals surface area contributed by atoms with Crippen LogP contribution in [0.5, 0.6) is 0 Å². The summed E-state index contributed by atoms with van der Waals surface area (Å²) >= 11 is 0. The molecule has 0 aromatic carbocycles. The van der Waals surface area contributed by atoms with E-state index in [4.69, 9.17) is 0 Å². The van der Waals surface area contributed by atoms with Gasteiger partial charge >= 0.3 is 0 Å². The number of nitrogens with one attached hydrogen (secondary N) is 1. The molecule has 2 unspecified atom stereocenters. The SMILES string of the molecule is CC1CNCCN1C(CN1CCCCCC1)c1ccncc1. The van der Waals surface area contributed by atoms with Crippen LogP contribution in [0.4, 0.5) is 0 Å². The second kappa shape index (κ2) is 8.04. The van der Waals surface area contributed by atoms with Gasteiger partial charge < -0.3 is 10.2 Å². The Labute approximate surface area is 134 Å². The quantitative estimate of drug-likeness (QED) is 0.925. The summed E-state index contributed by atoms with van der Waals surface area (Å²) in [7, 11) is 0. The van der Waals surface area contributed by atoms with Gasteiger partial charge in [0.2, 0.25) is 0 Å². The maximum Gasteiger partial charge on any atom is 0.0480 e. The third-order valence-electron chi connectivity index (χ3n) is 5.17. The highest BCUT2D eigenvalue weighted by Crippen LogP contribution is 2.25. The molecule has 0 radical (unpaired) electrons. The van der Waals surface area contributed by atoms with Gasteiger partial charge in [-0.05, 0) is 50.6 Å². The highest BCUT2D eigenvalue weighted by molar-refractivity contribution is 5.16. The first kappa shape index (κ1) is 15.9. The van der Waals surface area contributed by atoms with E-state index < -0.39 is 0 Å². The van der Waals surface area contributed by atoms with Crippen LogP contribution in [-0.4, -0.2) is 60.1 Å². The molecule has 0 bridgehead atoms. The third kappa shape index (κ3) is 4.06. The van der Waals surface area contributed by atoms with Gasteiger partial charge in [-0.2, -0.15) is 0 Å². The van der Waals surface area contributed by atoms with E-state index in [0.717, 1.165) is 26.2 Å². The topological polar surface area (TPSA) is 31.4 Å². The lowest BCUT2D eigenvalue weighted by Crippen LogP contribution is -2.53. The fourth-order valence-electron chi connectivity index (χ4n) is 3.87. The zero-order chi connectivity index (χ0) is 15.2. The van der Waals surface area contributed by atoms with Crippen molar-refractivity contribution in [1.82, 2.24) is 20.1 Å². The van der Waals surface area contributed by atoms with E-state index in [9.17, 15) is 0 Å². The van der Waals surface area contributed by atoms with Gasteiger partial charge in [0.15, 0.2) is 0 Å². The normalized spacial score (nSPS) is 26.5. The van der Waals surface area contributed by atoms with Crippen molar-refractivity contribution < 1.29 is 0 Å². The average molecular weight is 302 g/mol. The predicted molar refractivity (Wildman–Crippen MR) is 90.9 cm³/mol. The Morgan fingerprint density at radius 3 is 2.55 bits per heavy atom. The first-order valence-electron chi connectivity index (χ1n) is 8.93. The fraction of sp³-hybridized carbons (Fsp3) is 0.722. The highest BCUT2D eigenvalue weighted by Gasteiger charge is 2.28. The molecule has 22 heavy (non-hydrogen) atoms. The summed E-state index contributed by atoms with van der Waals surface area (Å²) in [6.07, 6.45) is 9.41. The molecule has 3 heterocycles. The fourth-order valence-corrected chi connectivity index (χ4v) is 3.87. The smallest absolute Gasteiger partial charge is 0.0480 e. The number of nitrogens with zero attached hydrogens (tertiary/aromatic N) is 3. The molecule has 4 nitrogen and oxygen atoms in total. The second-order valence-corrected chi connectivity index (χ2v) is 6.80. The highest BCUT2D eigenvalue weighted by atomic mass is 15.3. The van der Waals surface area contributed by atoms with Crippen LogP contribution in [0.15, 0.2) is 24.5 Å². The summed E-state index contributed by atoms with van der Waals surface area (Å²) in [4.78, 5) is 9.59. The molecule has 4 heteroatoms. The van der Waals surface area contributed by atoms with Crippen molar-refractivity contribution in [3.63, 3.8) is 0 Å². The molecule has 2 atom stereocenters. The van der Waals surface area contributed by atoms with Crippen LogP contribution in [0.25, 0.3) is 0 Å². The molecule has 2 aliphatic heterocycles. The number of aromatic nitrogens is 1. The van der Waals surface area contributed by atoms with Crippen LogP contribution in [0.1, 0.15) is 44.2 Å². The predicted octanol–water partition coefficient (Wildman–Crippen LogP) is 2.29.